The summed E-state index contributed by atoms with van der Waals surface area (Å²) in [5, 5.41) is 7.39. The number of rotatable bonds is 5. The van der Waals surface area contributed by atoms with Crippen molar-refractivity contribution in [1.82, 2.24) is 19.6 Å². The number of fused-ring (bicyclic) bond motifs is 1. The Hall–Kier alpha value is -2.87. The van der Waals surface area contributed by atoms with Crippen LogP contribution in [0.5, 0.6) is 5.75 Å². The van der Waals surface area contributed by atoms with E-state index in [1.54, 1.807) is 28.8 Å². The first-order valence-corrected chi connectivity index (χ1v) is 8.78. The van der Waals surface area contributed by atoms with Gasteiger partial charge < -0.3 is 19.9 Å². The van der Waals surface area contributed by atoms with Crippen LogP contribution in [0, 0.1) is 0 Å². The van der Waals surface area contributed by atoms with Crippen molar-refractivity contribution in [1.29, 1.82) is 0 Å². The molecule has 0 radical (unpaired) electrons. The number of hydrogen-bond acceptors (Lipinski definition) is 5. The summed E-state index contributed by atoms with van der Waals surface area (Å²) in [6, 6.07) is 7.25. The Kier molecular flexibility index (Phi) is 5.46. The van der Waals surface area contributed by atoms with Crippen molar-refractivity contribution in [2.24, 2.45) is 7.05 Å². The van der Waals surface area contributed by atoms with Gasteiger partial charge in [-0.15, -0.1) is 0 Å². The topological polar surface area (TPSA) is 79.7 Å². The molecule has 27 heavy (non-hydrogen) atoms. The van der Waals surface area contributed by atoms with Crippen LogP contribution in [0.4, 0.5) is 5.69 Å². The molecular formula is C19H25N5O3. The van der Waals surface area contributed by atoms with Crippen LogP contribution in [-0.4, -0.2) is 65.7 Å². The second-order valence-electron chi connectivity index (χ2n) is 6.97. The summed E-state index contributed by atoms with van der Waals surface area (Å²) < 4.78 is 6.99. The Labute approximate surface area is 158 Å². The van der Waals surface area contributed by atoms with Crippen LogP contribution >= 0.6 is 0 Å². The van der Waals surface area contributed by atoms with Gasteiger partial charge in [0.1, 0.15) is 11.7 Å². The number of anilines is 1. The first-order valence-electron chi connectivity index (χ1n) is 8.78. The summed E-state index contributed by atoms with van der Waals surface area (Å²) in [4.78, 5) is 29.1. The Balaban J connectivity index is 1.85. The second kappa shape index (κ2) is 7.79. The summed E-state index contributed by atoms with van der Waals surface area (Å²) in [5.74, 6) is -0.166. The fourth-order valence-electron chi connectivity index (χ4n) is 3.28. The Morgan fingerprint density at radius 3 is 2.78 bits per heavy atom. The molecule has 2 amide bonds. The largest absolute Gasteiger partial charge is 0.495 e. The monoisotopic (exact) mass is 371 g/mol. The predicted octanol–water partition coefficient (Wildman–Crippen LogP) is 1.05. The minimum Gasteiger partial charge on any atom is -0.495 e. The number of aromatic nitrogens is 2. The lowest BCUT2D eigenvalue weighted by Gasteiger charge is -2.32. The van der Waals surface area contributed by atoms with E-state index in [9.17, 15) is 9.59 Å². The number of benzene rings is 1. The van der Waals surface area contributed by atoms with Crippen LogP contribution in [0.2, 0.25) is 0 Å². The van der Waals surface area contributed by atoms with Crippen molar-refractivity contribution in [2.45, 2.75) is 12.5 Å². The zero-order valence-electron chi connectivity index (χ0n) is 16.1. The van der Waals surface area contributed by atoms with E-state index in [-0.39, 0.29) is 11.8 Å². The van der Waals surface area contributed by atoms with Crippen molar-refractivity contribution in [3.8, 4) is 5.75 Å². The minimum atomic E-state index is -0.536. The smallest absolute Gasteiger partial charge is 0.237 e. The molecule has 2 aromatic rings. The quantitative estimate of drug-likeness (QED) is 0.850. The highest BCUT2D eigenvalue weighted by molar-refractivity contribution is 5.97. The number of ether oxygens (including phenoxy) is 1. The molecule has 0 saturated carbocycles. The van der Waals surface area contributed by atoms with E-state index >= 15 is 0 Å². The molecule has 0 unspecified atom stereocenters. The molecule has 0 bridgehead atoms. The number of likely N-dealkylation sites (N-methyl/N-ethyl adjacent to an activating group) is 1. The van der Waals surface area contributed by atoms with Crippen LogP contribution in [0.3, 0.4) is 0 Å². The highest BCUT2D eigenvalue weighted by Gasteiger charge is 2.35. The number of nitrogens with one attached hydrogen (secondary N) is 1. The molecule has 0 saturated heterocycles. The van der Waals surface area contributed by atoms with Gasteiger partial charge in [0, 0.05) is 31.9 Å². The van der Waals surface area contributed by atoms with Crippen molar-refractivity contribution in [3.63, 3.8) is 0 Å². The van der Waals surface area contributed by atoms with Crippen LogP contribution in [0.15, 0.2) is 30.5 Å². The van der Waals surface area contributed by atoms with Gasteiger partial charge in [0.05, 0.1) is 25.0 Å². The third-order valence-corrected chi connectivity index (χ3v) is 4.52. The lowest BCUT2D eigenvalue weighted by atomic mass is 9.95. The van der Waals surface area contributed by atoms with Gasteiger partial charge >= 0.3 is 0 Å². The molecule has 1 N–H and O–H groups in total. The molecule has 0 fully saturated rings. The molecule has 144 valence electrons. The van der Waals surface area contributed by atoms with E-state index in [2.05, 4.69) is 10.4 Å². The highest BCUT2D eigenvalue weighted by Crippen LogP contribution is 2.30. The molecule has 0 aliphatic carbocycles. The van der Waals surface area contributed by atoms with Crippen LogP contribution in [-0.2, 0) is 23.2 Å². The zero-order chi connectivity index (χ0) is 19.6. The number of carbonyl (C=O) groups excluding carboxylic acids is 2. The molecule has 0 spiro atoms. The number of methoxy groups -OCH3 is 1. The Bertz CT molecular complexity index is 846. The van der Waals surface area contributed by atoms with E-state index in [1.165, 1.54) is 0 Å². The molecule has 8 nitrogen and oxygen atoms in total. The van der Waals surface area contributed by atoms with Gasteiger partial charge in [-0.2, -0.15) is 5.10 Å². The summed E-state index contributed by atoms with van der Waals surface area (Å²) >= 11 is 0. The molecule has 1 aromatic carbocycles. The number of nitrogens with zero attached hydrogens (tertiary/aromatic N) is 4. The molecule has 2 heterocycles. The number of hydrogen-bond donors (Lipinski definition) is 1. The lowest BCUT2D eigenvalue weighted by molar-refractivity contribution is -0.133. The number of amides is 2. The van der Waals surface area contributed by atoms with Gasteiger partial charge in [-0.25, -0.2) is 0 Å². The third kappa shape index (κ3) is 4.11. The maximum atomic E-state index is 13.0. The molecule has 1 aliphatic heterocycles. The number of para-hydroxylation sites is 2. The first-order chi connectivity index (χ1) is 12.9. The van der Waals surface area contributed by atoms with Gasteiger partial charge in [0.15, 0.2) is 0 Å². The average molecular weight is 371 g/mol. The maximum absolute atomic E-state index is 13.0. The third-order valence-electron chi connectivity index (χ3n) is 4.52. The van der Waals surface area contributed by atoms with E-state index in [0.29, 0.717) is 31.1 Å². The Morgan fingerprint density at radius 2 is 2.07 bits per heavy atom. The highest BCUT2D eigenvalue weighted by atomic mass is 16.5. The van der Waals surface area contributed by atoms with Gasteiger partial charge in [-0.1, -0.05) is 12.1 Å². The summed E-state index contributed by atoms with van der Waals surface area (Å²) in [5.41, 5.74) is 2.22. The van der Waals surface area contributed by atoms with Crippen molar-refractivity contribution in [2.75, 3.05) is 39.6 Å². The average Bonchev–Trinajstić information content (AvgIpc) is 3.00. The van der Waals surface area contributed by atoms with Crippen LogP contribution in [0.1, 0.15) is 17.2 Å². The van der Waals surface area contributed by atoms with Crippen LogP contribution in [0.25, 0.3) is 0 Å². The molecule has 1 aromatic heterocycles. The fraction of sp³-hybridized carbons (Fsp3) is 0.421. The van der Waals surface area contributed by atoms with Crippen LogP contribution < -0.4 is 10.1 Å². The first kappa shape index (κ1) is 18.9. The van der Waals surface area contributed by atoms with Gasteiger partial charge in [0.2, 0.25) is 11.8 Å². The fourth-order valence-corrected chi connectivity index (χ4v) is 3.28. The predicted molar refractivity (Wildman–Crippen MR) is 102 cm³/mol. The van der Waals surface area contributed by atoms with Gasteiger partial charge in [0.25, 0.3) is 0 Å². The van der Waals surface area contributed by atoms with Crippen molar-refractivity contribution < 1.29 is 14.3 Å². The van der Waals surface area contributed by atoms with E-state index in [4.69, 9.17) is 4.74 Å². The van der Waals surface area contributed by atoms with E-state index in [1.807, 2.05) is 44.4 Å². The molecule has 3 rings (SSSR count). The van der Waals surface area contributed by atoms with Gasteiger partial charge in [-0.05, 0) is 26.2 Å². The summed E-state index contributed by atoms with van der Waals surface area (Å²) in [7, 11) is 7.08. The normalized spacial score (nSPS) is 16.2. The second-order valence-corrected chi connectivity index (χ2v) is 6.97. The van der Waals surface area contributed by atoms with Crippen molar-refractivity contribution in [3.05, 3.63) is 41.7 Å². The van der Waals surface area contributed by atoms with Gasteiger partial charge in [-0.3, -0.25) is 14.3 Å². The molecule has 8 heteroatoms. The maximum Gasteiger partial charge on any atom is 0.237 e. The molecule has 1 aliphatic rings. The molecule has 1 atom stereocenters. The minimum absolute atomic E-state index is 0.00963. The summed E-state index contributed by atoms with van der Waals surface area (Å²) in [6.45, 7) is 1.07. The Morgan fingerprint density at radius 1 is 1.33 bits per heavy atom. The standard InChI is InChI=1S/C19H25N5O3/c1-22(2)12-17(25)24-10-13-9-23(3)21-18(13)14(11-24)19(26)20-15-7-5-6-8-16(15)27-4/h5-9,14H,10-12H2,1-4H3,(H,20,26)/t14-/m0/s1. The molecular weight excluding hydrogens is 346 g/mol. The number of carbonyl (C=O) groups is 2. The van der Waals surface area contributed by atoms with Crippen molar-refractivity contribution >= 4 is 17.5 Å². The summed E-state index contributed by atoms with van der Waals surface area (Å²) in [6.07, 6.45) is 1.87. The number of aryl methyl sites for hydroxylation is 1. The SMILES string of the molecule is COc1ccccc1NC(=O)[C@H]1CN(C(=O)CN(C)C)Cc2cn(C)nc21. The lowest BCUT2D eigenvalue weighted by Crippen LogP contribution is -2.44. The van der Waals surface area contributed by atoms with E-state index in [0.717, 1.165) is 11.3 Å². The van der Waals surface area contributed by atoms with E-state index < -0.39 is 5.92 Å². The zero-order valence-corrected chi connectivity index (χ0v) is 16.1.